The smallest absolute Gasteiger partial charge is 0.320 e. The van der Waals surface area contributed by atoms with Gasteiger partial charge in [-0.25, -0.2) is 0 Å². The van der Waals surface area contributed by atoms with Crippen molar-refractivity contribution in [1.82, 2.24) is 4.90 Å². The average Bonchev–Trinajstić information content (AvgIpc) is 2.38. The standard InChI is InChI=1S/C13H16ClNO3/c1-9(13(16)17)15-6-7-18-12(8-15)10-4-2-3-5-11(10)14/h2-5,9,12H,6-8H2,1H3,(H,16,17)/t9-,12+/m1/s1. The third-order valence-electron chi connectivity index (χ3n) is 3.26. The summed E-state index contributed by atoms with van der Waals surface area (Å²) in [5.41, 5.74) is 0.918. The molecule has 1 aromatic carbocycles. The molecule has 0 amide bonds. The number of carboxylic acid groups (broad SMARTS) is 1. The van der Waals surface area contributed by atoms with Crippen LogP contribution in [0.2, 0.25) is 5.02 Å². The Hall–Kier alpha value is -1.10. The number of carboxylic acids is 1. The Labute approximate surface area is 111 Å². The van der Waals surface area contributed by atoms with Crippen LogP contribution in [0.25, 0.3) is 0 Å². The van der Waals surface area contributed by atoms with E-state index in [0.29, 0.717) is 24.7 Å². The van der Waals surface area contributed by atoms with Crippen molar-refractivity contribution in [2.45, 2.75) is 19.1 Å². The van der Waals surface area contributed by atoms with Gasteiger partial charge in [-0.15, -0.1) is 0 Å². The lowest BCUT2D eigenvalue weighted by Gasteiger charge is -2.35. The van der Waals surface area contributed by atoms with Gasteiger partial charge in [0.25, 0.3) is 0 Å². The minimum absolute atomic E-state index is 0.158. The van der Waals surface area contributed by atoms with Gasteiger partial charge in [0.05, 0.1) is 12.7 Å². The number of hydrogen-bond donors (Lipinski definition) is 1. The molecule has 18 heavy (non-hydrogen) atoms. The summed E-state index contributed by atoms with van der Waals surface area (Å²) >= 11 is 6.13. The molecule has 0 radical (unpaired) electrons. The summed E-state index contributed by atoms with van der Waals surface area (Å²) < 4.78 is 5.69. The second-order valence-electron chi connectivity index (χ2n) is 4.39. The fourth-order valence-electron chi connectivity index (χ4n) is 2.10. The first-order chi connectivity index (χ1) is 8.59. The van der Waals surface area contributed by atoms with Gasteiger partial charge in [0.15, 0.2) is 0 Å². The lowest BCUT2D eigenvalue weighted by atomic mass is 10.1. The molecule has 2 rings (SSSR count). The molecule has 1 saturated heterocycles. The van der Waals surface area contributed by atoms with Crippen LogP contribution < -0.4 is 0 Å². The highest BCUT2D eigenvalue weighted by Crippen LogP contribution is 2.28. The van der Waals surface area contributed by atoms with Crippen LogP contribution in [0.1, 0.15) is 18.6 Å². The number of halogens is 1. The molecule has 5 heteroatoms. The van der Waals surface area contributed by atoms with Gasteiger partial charge in [0.2, 0.25) is 0 Å². The van der Waals surface area contributed by atoms with Crippen LogP contribution in [0.5, 0.6) is 0 Å². The van der Waals surface area contributed by atoms with Gasteiger partial charge in [-0.2, -0.15) is 0 Å². The highest BCUT2D eigenvalue weighted by atomic mass is 35.5. The number of nitrogens with zero attached hydrogens (tertiary/aromatic N) is 1. The Balaban J connectivity index is 2.12. The summed E-state index contributed by atoms with van der Waals surface area (Å²) in [6, 6.07) is 7.01. The van der Waals surface area contributed by atoms with E-state index in [2.05, 4.69) is 0 Å². The zero-order valence-corrected chi connectivity index (χ0v) is 10.9. The first-order valence-corrected chi connectivity index (χ1v) is 6.30. The van der Waals surface area contributed by atoms with Crippen molar-refractivity contribution < 1.29 is 14.6 Å². The first kappa shape index (κ1) is 13.3. The van der Waals surface area contributed by atoms with Gasteiger partial charge in [0.1, 0.15) is 6.04 Å². The Morgan fingerprint density at radius 1 is 1.56 bits per heavy atom. The predicted molar refractivity (Wildman–Crippen MR) is 68.8 cm³/mol. The molecule has 0 aliphatic carbocycles. The normalized spacial score (nSPS) is 22.7. The molecule has 0 saturated carbocycles. The van der Waals surface area contributed by atoms with Gasteiger partial charge >= 0.3 is 5.97 Å². The highest BCUT2D eigenvalue weighted by molar-refractivity contribution is 6.31. The van der Waals surface area contributed by atoms with E-state index in [9.17, 15) is 4.79 Å². The van der Waals surface area contributed by atoms with Crippen LogP contribution in [0, 0.1) is 0 Å². The maximum Gasteiger partial charge on any atom is 0.320 e. The van der Waals surface area contributed by atoms with E-state index in [0.717, 1.165) is 5.56 Å². The minimum Gasteiger partial charge on any atom is -0.480 e. The summed E-state index contributed by atoms with van der Waals surface area (Å²) in [5, 5.41) is 9.70. The molecule has 4 nitrogen and oxygen atoms in total. The number of carbonyl (C=O) groups is 1. The molecule has 1 aromatic rings. The Morgan fingerprint density at radius 3 is 2.94 bits per heavy atom. The number of aliphatic carboxylic acids is 1. The number of ether oxygens (including phenoxy) is 1. The summed E-state index contributed by atoms with van der Waals surface area (Å²) in [4.78, 5) is 12.9. The summed E-state index contributed by atoms with van der Waals surface area (Å²) in [6.07, 6.45) is -0.158. The summed E-state index contributed by atoms with van der Waals surface area (Å²) in [7, 11) is 0. The van der Waals surface area contributed by atoms with Gasteiger partial charge < -0.3 is 9.84 Å². The second kappa shape index (κ2) is 5.69. The maximum absolute atomic E-state index is 11.0. The van der Waals surface area contributed by atoms with Crippen LogP contribution in [0.4, 0.5) is 0 Å². The van der Waals surface area contributed by atoms with Crippen LogP contribution in [0.3, 0.4) is 0 Å². The molecule has 98 valence electrons. The summed E-state index contributed by atoms with van der Waals surface area (Å²) in [5.74, 6) is -0.810. The van der Waals surface area contributed by atoms with Crippen LogP contribution in [-0.4, -0.2) is 41.7 Å². The lowest BCUT2D eigenvalue weighted by molar-refractivity contribution is -0.145. The van der Waals surface area contributed by atoms with E-state index in [1.807, 2.05) is 29.2 Å². The molecule has 0 spiro atoms. The molecule has 1 N–H and O–H groups in total. The monoisotopic (exact) mass is 269 g/mol. The summed E-state index contributed by atoms with van der Waals surface area (Å²) in [6.45, 7) is 3.40. The maximum atomic E-state index is 11.0. The number of rotatable bonds is 3. The fourth-order valence-corrected chi connectivity index (χ4v) is 2.36. The molecule has 1 heterocycles. The molecular weight excluding hydrogens is 254 g/mol. The number of hydrogen-bond acceptors (Lipinski definition) is 3. The van der Waals surface area contributed by atoms with Gasteiger partial charge in [-0.05, 0) is 13.0 Å². The fraction of sp³-hybridized carbons (Fsp3) is 0.462. The van der Waals surface area contributed by atoms with Crippen molar-refractivity contribution in [3.05, 3.63) is 34.9 Å². The molecule has 0 unspecified atom stereocenters. The van der Waals surface area contributed by atoms with E-state index < -0.39 is 12.0 Å². The van der Waals surface area contributed by atoms with Crippen molar-refractivity contribution in [3.8, 4) is 0 Å². The van der Waals surface area contributed by atoms with Crippen molar-refractivity contribution in [1.29, 1.82) is 0 Å². The Kier molecular flexibility index (Phi) is 4.22. The third-order valence-corrected chi connectivity index (χ3v) is 3.60. The molecule has 1 aliphatic rings. The lowest BCUT2D eigenvalue weighted by Crippen LogP contribution is -2.46. The first-order valence-electron chi connectivity index (χ1n) is 5.92. The van der Waals surface area contributed by atoms with Crippen LogP contribution in [0.15, 0.2) is 24.3 Å². The molecule has 2 atom stereocenters. The van der Waals surface area contributed by atoms with Crippen molar-refractivity contribution in [2.75, 3.05) is 19.7 Å². The highest BCUT2D eigenvalue weighted by Gasteiger charge is 2.29. The van der Waals surface area contributed by atoms with Gasteiger partial charge in [0, 0.05) is 23.7 Å². The molecular formula is C13H16ClNO3. The number of benzene rings is 1. The number of morpholine rings is 1. The van der Waals surface area contributed by atoms with E-state index in [4.69, 9.17) is 21.4 Å². The minimum atomic E-state index is -0.810. The Morgan fingerprint density at radius 2 is 2.28 bits per heavy atom. The zero-order valence-electron chi connectivity index (χ0n) is 10.2. The zero-order chi connectivity index (χ0) is 13.1. The SMILES string of the molecule is C[C@H](C(=O)O)N1CCO[C@H](c2ccccc2Cl)C1. The third kappa shape index (κ3) is 2.83. The molecule has 0 bridgehead atoms. The predicted octanol–water partition coefficient (Wildman–Crippen LogP) is 2.19. The van der Waals surface area contributed by atoms with Crippen molar-refractivity contribution >= 4 is 17.6 Å². The largest absolute Gasteiger partial charge is 0.480 e. The van der Waals surface area contributed by atoms with Crippen molar-refractivity contribution in [3.63, 3.8) is 0 Å². The quantitative estimate of drug-likeness (QED) is 0.914. The van der Waals surface area contributed by atoms with E-state index in [1.54, 1.807) is 6.92 Å². The van der Waals surface area contributed by atoms with Gasteiger partial charge in [-0.1, -0.05) is 29.8 Å². The second-order valence-corrected chi connectivity index (χ2v) is 4.80. The molecule has 0 aromatic heterocycles. The Bertz CT molecular complexity index is 438. The van der Waals surface area contributed by atoms with E-state index in [1.165, 1.54) is 0 Å². The van der Waals surface area contributed by atoms with Crippen molar-refractivity contribution in [2.24, 2.45) is 0 Å². The van der Waals surface area contributed by atoms with Crippen LogP contribution >= 0.6 is 11.6 Å². The van der Waals surface area contributed by atoms with Crippen LogP contribution in [-0.2, 0) is 9.53 Å². The molecule has 1 aliphatic heterocycles. The van der Waals surface area contributed by atoms with E-state index >= 15 is 0 Å². The molecule has 1 fully saturated rings. The van der Waals surface area contributed by atoms with E-state index in [-0.39, 0.29) is 6.10 Å². The topological polar surface area (TPSA) is 49.8 Å². The van der Waals surface area contributed by atoms with Gasteiger partial charge in [-0.3, -0.25) is 9.69 Å². The average molecular weight is 270 g/mol.